The third-order valence-electron chi connectivity index (χ3n) is 5.86. The number of fused-ring (bicyclic) bond motifs is 2. The lowest BCUT2D eigenvalue weighted by Crippen LogP contribution is -2.43. The summed E-state index contributed by atoms with van der Waals surface area (Å²) in [5.41, 5.74) is -2.09. The Hall–Kier alpha value is -2.95. The zero-order valence-electron chi connectivity index (χ0n) is 19.4. The van der Waals surface area contributed by atoms with Crippen LogP contribution in [0.5, 0.6) is 17.2 Å². The zero-order valence-corrected chi connectivity index (χ0v) is 19.4. The van der Waals surface area contributed by atoms with Gasteiger partial charge in [-0.3, -0.25) is 0 Å². The Balaban J connectivity index is 1.69. The molecule has 0 saturated carbocycles. The van der Waals surface area contributed by atoms with Crippen molar-refractivity contribution < 1.29 is 49.7 Å². The van der Waals surface area contributed by atoms with Gasteiger partial charge in [0.05, 0.1) is 18.3 Å². The fourth-order valence-electron chi connectivity index (χ4n) is 4.03. The van der Waals surface area contributed by atoms with Gasteiger partial charge in [-0.1, -0.05) is 13.0 Å². The molecule has 0 spiro atoms. The molecular weight excluding hydrogens is 497 g/mol. The molecule has 0 radical (unpaired) electrons. The molecule has 2 aromatic carbocycles. The van der Waals surface area contributed by atoms with Crippen LogP contribution in [0.3, 0.4) is 0 Å². The third-order valence-corrected chi connectivity index (χ3v) is 5.86. The average molecular weight is 520 g/mol. The lowest BCUT2D eigenvalue weighted by atomic mass is 9.92. The first-order valence-corrected chi connectivity index (χ1v) is 11.4. The second-order valence-corrected chi connectivity index (χ2v) is 8.37. The minimum Gasteiger partial charge on any atom is -0.490 e. The predicted molar refractivity (Wildman–Crippen MR) is 114 cm³/mol. The van der Waals surface area contributed by atoms with Crippen LogP contribution in [0.15, 0.2) is 30.0 Å². The van der Waals surface area contributed by atoms with Crippen LogP contribution in [0.2, 0.25) is 0 Å². The van der Waals surface area contributed by atoms with Gasteiger partial charge in [0, 0.05) is 24.2 Å². The molecule has 2 aliphatic heterocycles. The summed E-state index contributed by atoms with van der Waals surface area (Å²) in [5.74, 6) is -18.2. The van der Waals surface area contributed by atoms with Gasteiger partial charge in [0.15, 0.2) is 28.8 Å². The van der Waals surface area contributed by atoms with Crippen LogP contribution in [0, 0.1) is 17.5 Å². The zero-order chi connectivity index (χ0) is 26.3. The largest absolute Gasteiger partial charge is 0.490 e. The number of allylic oxidation sites excluding steroid dienone is 1. The quantitative estimate of drug-likeness (QED) is 0.299. The van der Waals surface area contributed by atoms with E-state index < -0.39 is 64.8 Å². The van der Waals surface area contributed by atoms with E-state index in [1.165, 1.54) is 12.1 Å². The van der Waals surface area contributed by atoms with Crippen LogP contribution in [-0.2, 0) is 21.8 Å². The normalized spacial score (nSPS) is 17.5. The van der Waals surface area contributed by atoms with Crippen molar-refractivity contribution in [3.63, 3.8) is 0 Å². The summed E-state index contributed by atoms with van der Waals surface area (Å²) in [7, 11) is 0. The molecule has 4 rings (SSSR count). The highest BCUT2D eigenvalue weighted by molar-refractivity contribution is 5.55. The molecule has 0 amide bonds. The number of hydrogen-bond acceptors (Lipinski definition) is 4. The molecule has 36 heavy (non-hydrogen) atoms. The maximum Gasteiger partial charge on any atom is 0.370 e. The molecule has 2 aromatic rings. The van der Waals surface area contributed by atoms with Crippen LogP contribution in [0.4, 0.5) is 30.7 Å². The minimum atomic E-state index is -5.18. The van der Waals surface area contributed by atoms with E-state index in [0.717, 1.165) is 6.08 Å². The molecule has 2 aliphatic rings. The summed E-state index contributed by atoms with van der Waals surface area (Å²) < 4.78 is 125. The molecule has 0 fully saturated rings. The van der Waals surface area contributed by atoms with Crippen molar-refractivity contribution in [3.8, 4) is 17.2 Å². The molecular formula is C25H23F7O4. The third kappa shape index (κ3) is 4.38. The number of rotatable bonds is 8. The van der Waals surface area contributed by atoms with Crippen LogP contribution in [0.25, 0.3) is 0 Å². The molecule has 0 aromatic heterocycles. The van der Waals surface area contributed by atoms with Gasteiger partial charge in [0.2, 0.25) is 11.6 Å². The standard InChI is InChI=1S/C25H23F7O4/c1-3-9-34-17-7-5-13-10-14-11-16(19(26)21(28)23(14)36-22(13)20(17)27)24(29,30)25(31,32)18-8-6-15(12-35-18)33-4-2/h5,7-8,11,15H,3-4,6,9-10,12H2,1-2H3. The lowest BCUT2D eigenvalue weighted by Gasteiger charge is -2.33. The SMILES string of the molecule is CCCOc1ccc2c(c1F)Oc1c(cc(C(F)(F)C(F)(F)C3=CCC(OCC)CO3)c(F)c1F)C2. The molecule has 1 unspecified atom stereocenters. The maximum atomic E-state index is 15.1. The fourth-order valence-corrected chi connectivity index (χ4v) is 4.03. The van der Waals surface area contributed by atoms with E-state index in [0.29, 0.717) is 12.5 Å². The average Bonchev–Trinajstić information content (AvgIpc) is 2.85. The van der Waals surface area contributed by atoms with Gasteiger partial charge >= 0.3 is 11.8 Å². The first-order chi connectivity index (χ1) is 17.0. The summed E-state index contributed by atoms with van der Waals surface area (Å²) in [6, 6.07) is 3.07. The molecule has 0 bridgehead atoms. The summed E-state index contributed by atoms with van der Waals surface area (Å²) in [4.78, 5) is 0. The van der Waals surface area contributed by atoms with Crippen LogP contribution in [0.1, 0.15) is 43.4 Å². The van der Waals surface area contributed by atoms with Crippen molar-refractivity contribution >= 4 is 0 Å². The number of ether oxygens (including phenoxy) is 4. The second kappa shape index (κ2) is 9.84. The van der Waals surface area contributed by atoms with Gasteiger partial charge in [-0.15, -0.1) is 0 Å². The Morgan fingerprint density at radius 3 is 2.31 bits per heavy atom. The number of benzene rings is 2. The highest BCUT2D eigenvalue weighted by Gasteiger charge is 2.63. The lowest BCUT2D eigenvalue weighted by molar-refractivity contribution is -0.218. The summed E-state index contributed by atoms with van der Waals surface area (Å²) in [5, 5.41) is 0. The number of alkyl halides is 4. The number of halogens is 7. The Kier molecular flexibility index (Phi) is 7.14. The summed E-state index contributed by atoms with van der Waals surface area (Å²) in [6.07, 6.45) is 0.264. The molecule has 2 heterocycles. The second-order valence-electron chi connectivity index (χ2n) is 8.37. The fraction of sp³-hybridized carbons (Fsp3) is 0.440. The van der Waals surface area contributed by atoms with E-state index in [2.05, 4.69) is 0 Å². The summed E-state index contributed by atoms with van der Waals surface area (Å²) >= 11 is 0. The van der Waals surface area contributed by atoms with Crippen molar-refractivity contribution in [2.75, 3.05) is 19.8 Å². The van der Waals surface area contributed by atoms with Gasteiger partial charge in [0.25, 0.3) is 0 Å². The highest BCUT2D eigenvalue weighted by atomic mass is 19.3. The van der Waals surface area contributed by atoms with Gasteiger partial charge in [0.1, 0.15) is 6.61 Å². The first-order valence-electron chi connectivity index (χ1n) is 11.4. The highest BCUT2D eigenvalue weighted by Crippen LogP contribution is 2.52. The van der Waals surface area contributed by atoms with E-state index in [4.69, 9.17) is 18.9 Å². The topological polar surface area (TPSA) is 36.9 Å². The van der Waals surface area contributed by atoms with E-state index in [9.17, 15) is 22.0 Å². The Labute approximate surface area is 202 Å². The number of hydrogen-bond donors (Lipinski definition) is 0. The van der Waals surface area contributed by atoms with E-state index in [1.54, 1.807) is 13.8 Å². The minimum absolute atomic E-state index is 0.115. The maximum absolute atomic E-state index is 15.1. The Morgan fingerprint density at radius 2 is 1.67 bits per heavy atom. The summed E-state index contributed by atoms with van der Waals surface area (Å²) in [6.45, 7) is 3.53. The van der Waals surface area contributed by atoms with Crippen LogP contribution < -0.4 is 9.47 Å². The van der Waals surface area contributed by atoms with E-state index in [-0.39, 0.29) is 42.9 Å². The molecule has 4 nitrogen and oxygen atoms in total. The molecule has 0 N–H and O–H groups in total. The van der Waals surface area contributed by atoms with Crippen molar-refractivity contribution in [1.82, 2.24) is 0 Å². The van der Waals surface area contributed by atoms with Crippen molar-refractivity contribution in [2.45, 2.75) is 51.1 Å². The van der Waals surface area contributed by atoms with Crippen molar-refractivity contribution in [3.05, 3.63) is 64.2 Å². The molecule has 11 heteroatoms. The predicted octanol–water partition coefficient (Wildman–Crippen LogP) is 7.03. The van der Waals surface area contributed by atoms with Gasteiger partial charge < -0.3 is 18.9 Å². The molecule has 0 aliphatic carbocycles. The Morgan fingerprint density at radius 1 is 0.944 bits per heavy atom. The van der Waals surface area contributed by atoms with Crippen LogP contribution in [-0.4, -0.2) is 31.8 Å². The van der Waals surface area contributed by atoms with Crippen molar-refractivity contribution in [1.29, 1.82) is 0 Å². The van der Waals surface area contributed by atoms with Crippen molar-refractivity contribution in [2.24, 2.45) is 0 Å². The van der Waals surface area contributed by atoms with E-state index in [1.807, 2.05) is 0 Å². The molecule has 1 atom stereocenters. The first kappa shape index (κ1) is 26.1. The molecule has 196 valence electrons. The van der Waals surface area contributed by atoms with Gasteiger partial charge in [-0.25, -0.2) is 4.39 Å². The van der Waals surface area contributed by atoms with E-state index >= 15 is 8.78 Å². The van der Waals surface area contributed by atoms with Gasteiger partial charge in [-0.2, -0.15) is 26.3 Å². The molecule has 0 saturated heterocycles. The van der Waals surface area contributed by atoms with Crippen LogP contribution >= 0.6 is 0 Å². The Bertz CT molecular complexity index is 1180. The smallest absolute Gasteiger partial charge is 0.370 e. The monoisotopic (exact) mass is 520 g/mol. The van der Waals surface area contributed by atoms with Gasteiger partial charge in [-0.05, 0) is 38.0 Å².